The van der Waals surface area contributed by atoms with E-state index in [1.807, 2.05) is 32.3 Å². The summed E-state index contributed by atoms with van der Waals surface area (Å²) in [6.45, 7) is 3.61. The first kappa shape index (κ1) is 14.1. The van der Waals surface area contributed by atoms with E-state index in [1.54, 1.807) is 0 Å². The molecular weight excluding hydrogens is 282 g/mol. The fraction of sp³-hybridized carbons (Fsp3) is 0.235. The van der Waals surface area contributed by atoms with Gasteiger partial charge in [-0.1, -0.05) is 23.7 Å². The monoisotopic (exact) mass is 299 g/mol. The van der Waals surface area contributed by atoms with Crippen molar-refractivity contribution in [3.63, 3.8) is 0 Å². The zero-order valence-electron chi connectivity index (χ0n) is 12.2. The van der Waals surface area contributed by atoms with Gasteiger partial charge in [-0.15, -0.1) is 0 Å². The van der Waals surface area contributed by atoms with Crippen molar-refractivity contribution < 1.29 is 0 Å². The minimum absolute atomic E-state index is 0.732. The van der Waals surface area contributed by atoms with Gasteiger partial charge in [0, 0.05) is 29.3 Å². The fourth-order valence-electron chi connectivity index (χ4n) is 2.61. The van der Waals surface area contributed by atoms with Gasteiger partial charge < -0.3 is 9.88 Å². The molecule has 1 N–H and O–H groups in total. The lowest BCUT2D eigenvalue weighted by atomic mass is 10.1. The van der Waals surface area contributed by atoms with E-state index in [0.29, 0.717) is 0 Å². The number of aryl methyl sites for hydroxylation is 1. The Hall–Kier alpha value is -1.84. The number of nitrogens with zero attached hydrogens (tertiary/aromatic N) is 2. The van der Waals surface area contributed by atoms with E-state index >= 15 is 0 Å². The molecule has 0 saturated heterocycles. The van der Waals surface area contributed by atoms with Crippen LogP contribution >= 0.6 is 11.6 Å². The van der Waals surface area contributed by atoms with Crippen LogP contribution in [-0.4, -0.2) is 16.6 Å². The van der Waals surface area contributed by atoms with Gasteiger partial charge in [0.25, 0.3) is 0 Å². The highest BCUT2D eigenvalue weighted by Gasteiger charge is 2.10. The highest BCUT2D eigenvalue weighted by molar-refractivity contribution is 6.31. The van der Waals surface area contributed by atoms with E-state index in [9.17, 15) is 0 Å². The molecule has 0 fully saturated rings. The third-order valence-electron chi connectivity index (χ3n) is 3.63. The summed E-state index contributed by atoms with van der Waals surface area (Å²) in [6.07, 6.45) is 3.99. The lowest BCUT2D eigenvalue weighted by Gasteiger charge is -2.07. The molecule has 2 heterocycles. The quantitative estimate of drug-likeness (QED) is 0.795. The van der Waals surface area contributed by atoms with Gasteiger partial charge in [0.1, 0.15) is 5.65 Å². The molecule has 0 atom stereocenters. The van der Waals surface area contributed by atoms with E-state index in [4.69, 9.17) is 11.6 Å². The second kappa shape index (κ2) is 5.88. The molecule has 3 nitrogen and oxygen atoms in total. The Kier molecular flexibility index (Phi) is 3.95. The van der Waals surface area contributed by atoms with Crippen molar-refractivity contribution >= 4 is 22.6 Å². The predicted molar refractivity (Wildman–Crippen MR) is 87.8 cm³/mol. The molecule has 3 aromatic rings. The molecule has 1 aromatic carbocycles. The van der Waals surface area contributed by atoms with E-state index in [1.165, 1.54) is 16.5 Å². The Balaban J connectivity index is 2.04. The van der Waals surface area contributed by atoms with Gasteiger partial charge in [-0.25, -0.2) is 4.98 Å². The van der Waals surface area contributed by atoms with Gasteiger partial charge in [-0.3, -0.25) is 0 Å². The Morgan fingerprint density at radius 2 is 2.10 bits per heavy atom. The van der Waals surface area contributed by atoms with Crippen molar-refractivity contribution in [2.45, 2.75) is 20.0 Å². The summed E-state index contributed by atoms with van der Waals surface area (Å²) in [7, 11) is 1.95. The van der Waals surface area contributed by atoms with Crippen molar-refractivity contribution in [2.24, 2.45) is 0 Å². The molecule has 2 aromatic heterocycles. The maximum Gasteiger partial charge on any atom is 0.140 e. The van der Waals surface area contributed by atoms with Crippen molar-refractivity contribution in [3.8, 4) is 0 Å². The van der Waals surface area contributed by atoms with Crippen LogP contribution in [0, 0.1) is 6.92 Å². The molecule has 0 aliphatic carbocycles. The first-order valence-electron chi connectivity index (χ1n) is 7.01. The fourth-order valence-corrected chi connectivity index (χ4v) is 2.91. The molecule has 0 saturated carbocycles. The largest absolute Gasteiger partial charge is 0.328 e. The molecular formula is C17H18ClN3. The van der Waals surface area contributed by atoms with E-state index in [-0.39, 0.29) is 0 Å². The first-order chi connectivity index (χ1) is 10.2. The Bertz CT molecular complexity index is 777. The summed E-state index contributed by atoms with van der Waals surface area (Å²) in [5.74, 6) is 0. The molecule has 0 unspecified atom stereocenters. The second-order valence-electron chi connectivity index (χ2n) is 5.28. The van der Waals surface area contributed by atoms with E-state index in [0.717, 1.165) is 29.3 Å². The number of hydrogen-bond acceptors (Lipinski definition) is 2. The van der Waals surface area contributed by atoms with Crippen molar-refractivity contribution in [2.75, 3.05) is 7.05 Å². The molecule has 0 spiro atoms. The summed E-state index contributed by atoms with van der Waals surface area (Å²) in [5, 5.41) is 5.20. The highest BCUT2D eigenvalue weighted by atomic mass is 35.5. The Morgan fingerprint density at radius 1 is 1.24 bits per heavy atom. The molecule has 0 bridgehead atoms. The topological polar surface area (TPSA) is 29.9 Å². The van der Waals surface area contributed by atoms with Crippen LogP contribution < -0.4 is 5.32 Å². The third kappa shape index (κ3) is 2.80. The number of hydrogen-bond donors (Lipinski definition) is 1. The molecule has 21 heavy (non-hydrogen) atoms. The number of halogens is 1. The number of fused-ring (bicyclic) bond motifs is 1. The maximum atomic E-state index is 6.35. The van der Waals surface area contributed by atoms with E-state index < -0.39 is 0 Å². The van der Waals surface area contributed by atoms with Gasteiger partial charge in [0.2, 0.25) is 0 Å². The SMILES string of the molecule is CNCc1cn(Cc2ccc(C)cc2Cl)c2ncccc12. The number of nitrogens with one attached hydrogen (secondary N) is 1. The summed E-state index contributed by atoms with van der Waals surface area (Å²) in [5.41, 5.74) is 4.54. The van der Waals surface area contributed by atoms with Crippen molar-refractivity contribution in [1.29, 1.82) is 0 Å². The minimum Gasteiger partial charge on any atom is -0.328 e. The molecule has 0 radical (unpaired) electrons. The predicted octanol–water partition coefficient (Wildman–Crippen LogP) is 3.77. The highest BCUT2D eigenvalue weighted by Crippen LogP contribution is 2.23. The molecule has 4 heteroatoms. The first-order valence-corrected chi connectivity index (χ1v) is 7.39. The standard InChI is InChI=1S/C17H18ClN3/c1-12-5-6-13(16(18)8-12)10-21-11-14(9-19-2)15-4-3-7-20-17(15)21/h3-8,11,19H,9-10H2,1-2H3. The molecule has 0 amide bonds. The van der Waals surface area contributed by atoms with Crippen LogP contribution in [0.15, 0.2) is 42.7 Å². The summed E-state index contributed by atoms with van der Waals surface area (Å²) in [4.78, 5) is 4.52. The van der Waals surface area contributed by atoms with E-state index in [2.05, 4.69) is 39.3 Å². The van der Waals surface area contributed by atoms with Gasteiger partial charge in [0.05, 0.1) is 6.54 Å². The van der Waals surface area contributed by atoms with Gasteiger partial charge in [-0.2, -0.15) is 0 Å². The van der Waals surface area contributed by atoms with Crippen molar-refractivity contribution in [3.05, 3.63) is 64.4 Å². The van der Waals surface area contributed by atoms with Gasteiger partial charge in [-0.05, 0) is 48.9 Å². The number of benzene rings is 1. The Morgan fingerprint density at radius 3 is 2.86 bits per heavy atom. The smallest absolute Gasteiger partial charge is 0.140 e. The average molecular weight is 300 g/mol. The van der Waals surface area contributed by atoms with Crippen LogP contribution in [0.5, 0.6) is 0 Å². The normalized spacial score (nSPS) is 11.2. The molecule has 0 aliphatic rings. The van der Waals surface area contributed by atoms with Gasteiger partial charge in [0.15, 0.2) is 0 Å². The maximum absolute atomic E-state index is 6.35. The zero-order chi connectivity index (χ0) is 14.8. The van der Waals surface area contributed by atoms with Crippen LogP contribution in [0.4, 0.5) is 0 Å². The summed E-state index contributed by atoms with van der Waals surface area (Å²) in [6, 6.07) is 10.3. The summed E-state index contributed by atoms with van der Waals surface area (Å²) >= 11 is 6.35. The van der Waals surface area contributed by atoms with Crippen LogP contribution in [-0.2, 0) is 13.1 Å². The lowest BCUT2D eigenvalue weighted by Crippen LogP contribution is -2.04. The number of pyridine rings is 1. The third-order valence-corrected chi connectivity index (χ3v) is 3.98. The van der Waals surface area contributed by atoms with Gasteiger partial charge >= 0.3 is 0 Å². The lowest BCUT2D eigenvalue weighted by molar-refractivity contribution is 0.791. The zero-order valence-corrected chi connectivity index (χ0v) is 13.0. The Labute approximate surface area is 129 Å². The van der Waals surface area contributed by atoms with Crippen LogP contribution in [0.2, 0.25) is 5.02 Å². The average Bonchev–Trinajstić information content (AvgIpc) is 2.81. The van der Waals surface area contributed by atoms with Crippen molar-refractivity contribution in [1.82, 2.24) is 14.9 Å². The number of aromatic nitrogens is 2. The van der Waals surface area contributed by atoms with Crippen LogP contribution in [0.1, 0.15) is 16.7 Å². The molecule has 3 rings (SSSR count). The molecule has 0 aliphatic heterocycles. The van der Waals surface area contributed by atoms with Crippen LogP contribution in [0.25, 0.3) is 11.0 Å². The molecule has 108 valence electrons. The summed E-state index contributed by atoms with van der Waals surface area (Å²) < 4.78 is 2.17. The number of rotatable bonds is 4. The second-order valence-corrected chi connectivity index (χ2v) is 5.69. The minimum atomic E-state index is 0.732. The van der Waals surface area contributed by atoms with Crippen LogP contribution in [0.3, 0.4) is 0 Å².